The zero-order valence-electron chi connectivity index (χ0n) is 6.02. The molecule has 1 rings (SSSR count). The van der Waals surface area contributed by atoms with Gasteiger partial charge in [0.25, 0.3) is 0 Å². The first-order valence-corrected chi connectivity index (χ1v) is 3.74. The van der Waals surface area contributed by atoms with Crippen LogP contribution < -0.4 is 5.32 Å². The number of hydrogen-bond acceptors (Lipinski definition) is 2. The van der Waals surface area contributed by atoms with E-state index in [0.717, 1.165) is 19.8 Å². The third-order valence-electron chi connectivity index (χ3n) is 1.61. The molecule has 1 saturated heterocycles. The number of ether oxygens (including phenoxy) is 1. The maximum atomic E-state index is 5.19. The molecular formula is C7H15NO. The Hall–Kier alpha value is -0.0800. The van der Waals surface area contributed by atoms with Crippen molar-refractivity contribution in [3.63, 3.8) is 0 Å². The molecule has 2 heteroatoms. The molecule has 1 N–H and O–H groups in total. The summed E-state index contributed by atoms with van der Waals surface area (Å²) in [6.07, 6.45) is 2.41. The van der Waals surface area contributed by atoms with Gasteiger partial charge in [-0.1, -0.05) is 6.92 Å². The molecule has 9 heavy (non-hydrogen) atoms. The number of rotatable bonds is 3. The quantitative estimate of drug-likeness (QED) is 0.608. The van der Waals surface area contributed by atoms with E-state index in [4.69, 9.17) is 4.74 Å². The Labute approximate surface area is 56.6 Å². The first-order valence-electron chi connectivity index (χ1n) is 3.74. The maximum Gasteiger partial charge on any atom is 0.0620 e. The average molecular weight is 129 g/mol. The molecule has 1 aliphatic rings. The summed E-state index contributed by atoms with van der Waals surface area (Å²) in [5.41, 5.74) is 0. The molecule has 0 radical (unpaired) electrons. The summed E-state index contributed by atoms with van der Waals surface area (Å²) < 4.78 is 5.19. The van der Waals surface area contributed by atoms with Crippen LogP contribution in [0.2, 0.25) is 0 Å². The highest BCUT2D eigenvalue weighted by atomic mass is 16.5. The SMILES string of the molecule is CCCN[C@H]1CCOC1. The van der Waals surface area contributed by atoms with Gasteiger partial charge >= 0.3 is 0 Å². The summed E-state index contributed by atoms with van der Waals surface area (Å²) in [6, 6.07) is 0.643. The maximum absolute atomic E-state index is 5.19. The highest BCUT2D eigenvalue weighted by molar-refractivity contribution is 4.69. The number of nitrogens with one attached hydrogen (secondary N) is 1. The number of hydrogen-bond donors (Lipinski definition) is 1. The second-order valence-corrected chi connectivity index (χ2v) is 2.51. The first-order chi connectivity index (χ1) is 4.43. The van der Waals surface area contributed by atoms with Gasteiger partial charge < -0.3 is 10.1 Å². The van der Waals surface area contributed by atoms with E-state index in [-0.39, 0.29) is 0 Å². The molecule has 1 aliphatic heterocycles. The van der Waals surface area contributed by atoms with E-state index in [9.17, 15) is 0 Å². The van der Waals surface area contributed by atoms with Crippen LogP contribution in [-0.4, -0.2) is 25.8 Å². The normalized spacial score (nSPS) is 27.0. The van der Waals surface area contributed by atoms with Crippen molar-refractivity contribution >= 4 is 0 Å². The van der Waals surface area contributed by atoms with E-state index in [1.54, 1.807) is 0 Å². The fraction of sp³-hybridized carbons (Fsp3) is 1.00. The van der Waals surface area contributed by atoms with E-state index in [2.05, 4.69) is 12.2 Å². The van der Waals surface area contributed by atoms with E-state index in [1.165, 1.54) is 12.8 Å². The predicted octanol–water partition coefficient (Wildman–Crippen LogP) is 0.775. The molecule has 0 aliphatic carbocycles. The molecule has 1 fully saturated rings. The van der Waals surface area contributed by atoms with Gasteiger partial charge in [-0.25, -0.2) is 0 Å². The topological polar surface area (TPSA) is 21.3 Å². The van der Waals surface area contributed by atoms with E-state index in [1.807, 2.05) is 0 Å². The van der Waals surface area contributed by atoms with Crippen LogP contribution >= 0.6 is 0 Å². The van der Waals surface area contributed by atoms with Crippen molar-refractivity contribution in [3.05, 3.63) is 0 Å². The van der Waals surface area contributed by atoms with Crippen LogP contribution in [0.3, 0.4) is 0 Å². The molecule has 0 aromatic heterocycles. The van der Waals surface area contributed by atoms with Gasteiger partial charge in [0.15, 0.2) is 0 Å². The van der Waals surface area contributed by atoms with Gasteiger partial charge in [0, 0.05) is 12.6 Å². The zero-order chi connectivity index (χ0) is 6.53. The second kappa shape index (κ2) is 3.85. The monoisotopic (exact) mass is 129 g/mol. The van der Waals surface area contributed by atoms with Gasteiger partial charge in [0.2, 0.25) is 0 Å². The van der Waals surface area contributed by atoms with Crippen molar-refractivity contribution in [2.24, 2.45) is 0 Å². The van der Waals surface area contributed by atoms with Crippen molar-refractivity contribution in [3.8, 4) is 0 Å². The van der Waals surface area contributed by atoms with Gasteiger partial charge in [-0.15, -0.1) is 0 Å². The molecule has 0 spiro atoms. The van der Waals surface area contributed by atoms with Gasteiger partial charge in [-0.05, 0) is 19.4 Å². The van der Waals surface area contributed by atoms with Gasteiger partial charge in [-0.3, -0.25) is 0 Å². The summed E-state index contributed by atoms with van der Waals surface area (Å²) in [7, 11) is 0. The van der Waals surface area contributed by atoms with Crippen LogP contribution in [-0.2, 0) is 4.74 Å². The predicted molar refractivity (Wildman–Crippen MR) is 37.5 cm³/mol. The first kappa shape index (κ1) is 7.03. The summed E-state index contributed by atoms with van der Waals surface area (Å²) in [5.74, 6) is 0. The molecule has 0 bridgehead atoms. The van der Waals surface area contributed by atoms with Gasteiger partial charge in [0.1, 0.15) is 0 Å². The Morgan fingerprint density at radius 3 is 3.11 bits per heavy atom. The molecule has 0 amide bonds. The third-order valence-corrected chi connectivity index (χ3v) is 1.61. The lowest BCUT2D eigenvalue weighted by molar-refractivity contribution is 0.190. The van der Waals surface area contributed by atoms with Crippen LogP contribution in [0.15, 0.2) is 0 Å². The lowest BCUT2D eigenvalue weighted by atomic mass is 10.2. The molecule has 0 unspecified atom stereocenters. The van der Waals surface area contributed by atoms with Crippen molar-refractivity contribution in [1.82, 2.24) is 5.32 Å². The Morgan fingerprint density at radius 1 is 1.67 bits per heavy atom. The van der Waals surface area contributed by atoms with E-state index < -0.39 is 0 Å². The summed E-state index contributed by atoms with van der Waals surface area (Å²) in [6.45, 7) is 5.18. The molecule has 1 heterocycles. The Bertz CT molecular complexity index is 69.3. The molecule has 2 nitrogen and oxygen atoms in total. The highest BCUT2D eigenvalue weighted by Gasteiger charge is 2.12. The summed E-state index contributed by atoms with van der Waals surface area (Å²) >= 11 is 0. The highest BCUT2D eigenvalue weighted by Crippen LogP contribution is 2.02. The van der Waals surface area contributed by atoms with Crippen molar-refractivity contribution < 1.29 is 4.74 Å². The fourth-order valence-electron chi connectivity index (χ4n) is 1.04. The zero-order valence-corrected chi connectivity index (χ0v) is 6.02. The minimum absolute atomic E-state index is 0.643. The molecular weight excluding hydrogens is 114 g/mol. The Morgan fingerprint density at radius 2 is 2.56 bits per heavy atom. The minimum atomic E-state index is 0.643. The molecule has 0 aromatic rings. The van der Waals surface area contributed by atoms with Crippen LogP contribution in [0.4, 0.5) is 0 Å². The second-order valence-electron chi connectivity index (χ2n) is 2.51. The molecule has 0 saturated carbocycles. The molecule has 54 valence electrons. The smallest absolute Gasteiger partial charge is 0.0620 e. The van der Waals surface area contributed by atoms with Crippen molar-refractivity contribution in [2.45, 2.75) is 25.8 Å². The van der Waals surface area contributed by atoms with E-state index >= 15 is 0 Å². The van der Waals surface area contributed by atoms with Crippen LogP contribution in [0.25, 0.3) is 0 Å². The van der Waals surface area contributed by atoms with Crippen molar-refractivity contribution in [1.29, 1.82) is 0 Å². The standard InChI is InChI=1S/C7H15NO/c1-2-4-8-7-3-5-9-6-7/h7-8H,2-6H2,1H3/t7-/m0/s1. The van der Waals surface area contributed by atoms with Crippen LogP contribution in [0.5, 0.6) is 0 Å². The lowest BCUT2D eigenvalue weighted by Gasteiger charge is -2.07. The van der Waals surface area contributed by atoms with Gasteiger partial charge in [-0.2, -0.15) is 0 Å². The van der Waals surface area contributed by atoms with Crippen molar-refractivity contribution in [2.75, 3.05) is 19.8 Å². The largest absolute Gasteiger partial charge is 0.380 e. The van der Waals surface area contributed by atoms with Gasteiger partial charge in [0.05, 0.1) is 6.61 Å². The van der Waals surface area contributed by atoms with E-state index in [0.29, 0.717) is 6.04 Å². The average Bonchev–Trinajstić information content (AvgIpc) is 2.34. The molecule has 1 atom stereocenters. The fourth-order valence-corrected chi connectivity index (χ4v) is 1.04. The molecule has 0 aromatic carbocycles. The summed E-state index contributed by atoms with van der Waals surface area (Å²) in [5, 5.41) is 3.41. The Balaban J connectivity index is 1.98. The lowest BCUT2D eigenvalue weighted by Crippen LogP contribution is -2.29. The Kier molecular flexibility index (Phi) is 3.01. The third kappa shape index (κ3) is 2.33. The van der Waals surface area contributed by atoms with Crippen LogP contribution in [0.1, 0.15) is 19.8 Å². The summed E-state index contributed by atoms with van der Waals surface area (Å²) in [4.78, 5) is 0. The van der Waals surface area contributed by atoms with Crippen LogP contribution in [0, 0.1) is 0 Å². The minimum Gasteiger partial charge on any atom is -0.380 e.